The van der Waals surface area contributed by atoms with Crippen LogP contribution in [0.25, 0.3) is 11.6 Å². The first kappa shape index (κ1) is 11.5. The third kappa shape index (κ3) is 2.08. The third-order valence-electron chi connectivity index (χ3n) is 3.11. The standard InChI is InChI=1S/C15H13N3O/c1-2-12-3-5-13(6-4-12)11-17-9-10-18-14(15(17)19)7-8-16-18/h2-10H,1,11H2. The molecular formula is C15H13N3O. The van der Waals surface area contributed by atoms with E-state index < -0.39 is 0 Å². The Kier molecular flexibility index (Phi) is 2.76. The molecule has 2 heterocycles. The Bertz CT molecular complexity index is 781. The highest BCUT2D eigenvalue weighted by Crippen LogP contribution is 2.07. The van der Waals surface area contributed by atoms with Gasteiger partial charge in [0.15, 0.2) is 0 Å². The molecule has 0 saturated carbocycles. The third-order valence-corrected chi connectivity index (χ3v) is 3.11. The SMILES string of the molecule is C=Cc1ccc(Cn2ccn3nccc3c2=O)cc1. The van der Waals surface area contributed by atoms with Crippen LogP contribution >= 0.6 is 0 Å². The topological polar surface area (TPSA) is 39.3 Å². The molecule has 3 rings (SSSR count). The second-order valence-corrected chi connectivity index (χ2v) is 4.34. The number of hydrogen-bond donors (Lipinski definition) is 0. The molecule has 0 radical (unpaired) electrons. The quantitative estimate of drug-likeness (QED) is 0.715. The number of hydrogen-bond acceptors (Lipinski definition) is 2. The van der Waals surface area contributed by atoms with Crippen LogP contribution in [0.2, 0.25) is 0 Å². The molecule has 0 N–H and O–H groups in total. The Morgan fingerprint density at radius 1 is 1.16 bits per heavy atom. The van der Waals surface area contributed by atoms with E-state index in [0.717, 1.165) is 11.1 Å². The molecule has 19 heavy (non-hydrogen) atoms. The second-order valence-electron chi connectivity index (χ2n) is 4.34. The van der Waals surface area contributed by atoms with E-state index in [1.807, 2.05) is 24.3 Å². The molecule has 3 aromatic rings. The van der Waals surface area contributed by atoms with Crippen LogP contribution in [0, 0.1) is 0 Å². The summed E-state index contributed by atoms with van der Waals surface area (Å²) in [5, 5.41) is 4.04. The lowest BCUT2D eigenvalue weighted by atomic mass is 10.1. The van der Waals surface area contributed by atoms with Crippen molar-refractivity contribution in [1.82, 2.24) is 14.2 Å². The molecule has 0 bridgehead atoms. The lowest BCUT2D eigenvalue weighted by molar-refractivity contribution is 0.743. The van der Waals surface area contributed by atoms with Crippen LogP contribution < -0.4 is 5.56 Å². The fourth-order valence-electron chi connectivity index (χ4n) is 2.04. The van der Waals surface area contributed by atoms with Crippen LogP contribution in [0.3, 0.4) is 0 Å². The average molecular weight is 251 g/mol. The van der Waals surface area contributed by atoms with Crippen LogP contribution in [0.4, 0.5) is 0 Å². The molecule has 0 aliphatic carbocycles. The van der Waals surface area contributed by atoms with E-state index in [4.69, 9.17) is 0 Å². The Balaban J connectivity index is 1.98. The van der Waals surface area contributed by atoms with Gasteiger partial charge in [0.25, 0.3) is 5.56 Å². The first-order chi connectivity index (χ1) is 9.28. The summed E-state index contributed by atoms with van der Waals surface area (Å²) in [6.45, 7) is 4.28. The van der Waals surface area contributed by atoms with E-state index in [9.17, 15) is 4.79 Å². The molecule has 94 valence electrons. The lowest BCUT2D eigenvalue weighted by Crippen LogP contribution is -2.21. The van der Waals surface area contributed by atoms with Gasteiger partial charge in [-0.05, 0) is 17.2 Å². The van der Waals surface area contributed by atoms with Gasteiger partial charge in [-0.15, -0.1) is 0 Å². The number of benzene rings is 1. The minimum absolute atomic E-state index is 0.0344. The lowest BCUT2D eigenvalue weighted by Gasteiger charge is -2.06. The molecule has 0 aliphatic rings. The minimum atomic E-state index is -0.0344. The maximum atomic E-state index is 12.2. The van der Waals surface area contributed by atoms with E-state index in [1.54, 1.807) is 39.8 Å². The van der Waals surface area contributed by atoms with Crippen molar-refractivity contribution >= 4 is 11.6 Å². The van der Waals surface area contributed by atoms with Gasteiger partial charge in [-0.3, -0.25) is 4.79 Å². The molecule has 4 nitrogen and oxygen atoms in total. The molecule has 0 spiro atoms. The first-order valence-corrected chi connectivity index (χ1v) is 6.02. The van der Waals surface area contributed by atoms with E-state index in [1.165, 1.54) is 0 Å². The van der Waals surface area contributed by atoms with Crippen LogP contribution in [0.15, 0.2) is 60.3 Å². The van der Waals surface area contributed by atoms with Crippen molar-refractivity contribution in [2.75, 3.05) is 0 Å². The van der Waals surface area contributed by atoms with E-state index in [-0.39, 0.29) is 5.56 Å². The zero-order valence-electron chi connectivity index (χ0n) is 10.4. The molecule has 0 atom stereocenters. The van der Waals surface area contributed by atoms with Crippen molar-refractivity contribution in [3.63, 3.8) is 0 Å². The smallest absolute Gasteiger partial charge is 0.276 e. The van der Waals surface area contributed by atoms with Crippen molar-refractivity contribution in [3.05, 3.63) is 77.0 Å². The normalized spacial score (nSPS) is 10.7. The Morgan fingerprint density at radius 2 is 1.95 bits per heavy atom. The summed E-state index contributed by atoms with van der Waals surface area (Å²) >= 11 is 0. The largest absolute Gasteiger partial charge is 0.308 e. The summed E-state index contributed by atoms with van der Waals surface area (Å²) in [4.78, 5) is 12.2. The fourth-order valence-corrected chi connectivity index (χ4v) is 2.04. The van der Waals surface area contributed by atoms with Gasteiger partial charge in [-0.2, -0.15) is 5.10 Å². The summed E-state index contributed by atoms with van der Waals surface area (Å²) in [5.41, 5.74) is 2.71. The summed E-state index contributed by atoms with van der Waals surface area (Å²) in [7, 11) is 0. The minimum Gasteiger partial charge on any atom is -0.308 e. The van der Waals surface area contributed by atoms with Gasteiger partial charge in [0.1, 0.15) is 5.52 Å². The molecule has 0 aliphatic heterocycles. The molecular weight excluding hydrogens is 238 g/mol. The van der Waals surface area contributed by atoms with Crippen molar-refractivity contribution in [3.8, 4) is 0 Å². The molecule has 0 amide bonds. The Morgan fingerprint density at radius 3 is 2.68 bits per heavy atom. The maximum Gasteiger partial charge on any atom is 0.276 e. The highest BCUT2D eigenvalue weighted by molar-refractivity contribution is 5.47. The summed E-state index contributed by atoms with van der Waals surface area (Å²) < 4.78 is 3.26. The second kappa shape index (κ2) is 4.57. The molecule has 1 aromatic carbocycles. The number of nitrogens with zero attached hydrogens (tertiary/aromatic N) is 3. The van der Waals surface area contributed by atoms with Gasteiger partial charge in [-0.1, -0.05) is 36.9 Å². The zero-order chi connectivity index (χ0) is 13.2. The molecule has 0 saturated heterocycles. The van der Waals surface area contributed by atoms with Gasteiger partial charge in [0.05, 0.1) is 12.7 Å². The van der Waals surface area contributed by atoms with Crippen molar-refractivity contribution in [2.24, 2.45) is 0 Å². The summed E-state index contributed by atoms with van der Waals surface area (Å²) in [6, 6.07) is 9.71. The molecule has 0 fully saturated rings. The molecule has 0 unspecified atom stereocenters. The fraction of sp³-hybridized carbons (Fsp3) is 0.0667. The van der Waals surface area contributed by atoms with E-state index >= 15 is 0 Å². The average Bonchev–Trinajstić information content (AvgIpc) is 2.92. The van der Waals surface area contributed by atoms with Crippen molar-refractivity contribution < 1.29 is 0 Å². The Hall–Kier alpha value is -2.62. The van der Waals surface area contributed by atoms with E-state index in [2.05, 4.69) is 11.7 Å². The van der Waals surface area contributed by atoms with Gasteiger partial charge in [-0.25, -0.2) is 4.52 Å². The van der Waals surface area contributed by atoms with Gasteiger partial charge in [0.2, 0.25) is 0 Å². The number of rotatable bonds is 3. The Labute approximate surface area is 110 Å². The zero-order valence-corrected chi connectivity index (χ0v) is 10.4. The van der Waals surface area contributed by atoms with Gasteiger partial charge < -0.3 is 4.57 Å². The van der Waals surface area contributed by atoms with Crippen LogP contribution in [-0.2, 0) is 6.54 Å². The van der Waals surface area contributed by atoms with Crippen LogP contribution in [-0.4, -0.2) is 14.2 Å². The van der Waals surface area contributed by atoms with Crippen LogP contribution in [0.5, 0.6) is 0 Å². The van der Waals surface area contributed by atoms with Gasteiger partial charge in [0, 0.05) is 12.4 Å². The summed E-state index contributed by atoms with van der Waals surface area (Å²) in [6.07, 6.45) is 6.97. The predicted molar refractivity (Wildman–Crippen MR) is 75.1 cm³/mol. The monoisotopic (exact) mass is 251 g/mol. The highest BCUT2D eigenvalue weighted by atomic mass is 16.1. The maximum absolute atomic E-state index is 12.2. The number of aromatic nitrogens is 3. The molecule has 4 heteroatoms. The van der Waals surface area contributed by atoms with Crippen LogP contribution in [0.1, 0.15) is 11.1 Å². The van der Waals surface area contributed by atoms with Crippen molar-refractivity contribution in [1.29, 1.82) is 0 Å². The molecule has 2 aromatic heterocycles. The first-order valence-electron chi connectivity index (χ1n) is 6.02. The van der Waals surface area contributed by atoms with Gasteiger partial charge >= 0.3 is 0 Å². The number of fused-ring (bicyclic) bond motifs is 1. The predicted octanol–water partition coefficient (Wildman–Crippen LogP) is 2.19. The summed E-state index contributed by atoms with van der Waals surface area (Å²) in [5.74, 6) is 0. The highest BCUT2D eigenvalue weighted by Gasteiger charge is 2.03. The van der Waals surface area contributed by atoms with Crippen molar-refractivity contribution in [2.45, 2.75) is 6.54 Å². The van der Waals surface area contributed by atoms with E-state index in [0.29, 0.717) is 12.1 Å².